The third-order valence-corrected chi connectivity index (χ3v) is 3.97. The van der Waals surface area contributed by atoms with Gasteiger partial charge in [0.25, 0.3) is 11.6 Å². The summed E-state index contributed by atoms with van der Waals surface area (Å²) in [5.41, 5.74) is 0.689. The lowest BCUT2D eigenvalue weighted by atomic mass is 10.2. The van der Waals surface area contributed by atoms with Gasteiger partial charge in [-0.15, -0.1) is 0 Å². The molecule has 0 aliphatic heterocycles. The summed E-state index contributed by atoms with van der Waals surface area (Å²) in [4.78, 5) is 23.0. The lowest BCUT2D eigenvalue weighted by Gasteiger charge is -2.10. The van der Waals surface area contributed by atoms with E-state index in [9.17, 15) is 14.9 Å². The fourth-order valence-corrected chi connectivity index (χ4v) is 2.49. The summed E-state index contributed by atoms with van der Waals surface area (Å²) in [6, 6.07) is 13.0. The fraction of sp³-hybridized carbons (Fsp3) is 0.158. The highest BCUT2D eigenvalue weighted by atomic mass is 16.6. The zero-order valence-corrected chi connectivity index (χ0v) is 15.2. The van der Waals surface area contributed by atoms with Gasteiger partial charge in [-0.1, -0.05) is 23.4 Å². The Morgan fingerprint density at radius 2 is 2.00 bits per heavy atom. The monoisotopic (exact) mass is 383 g/mol. The highest BCUT2D eigenvalue weighted by Crippen LogP contribution is 2.29. The lowest BCUT2D eigenvalue weighted by Crippen LogP contribution is -2.16. The average molecular weight is 383 g/mol. The van der Waals surface area contributed by atoms with Gasteiger partial charge >= 0.3 is 0 Å². The molecule has 1 heterocycles. The van der Waals surface area contributed by atoms with Gasteiger partial charge in [0.2, 0.25) is 0 Å². The van der Waals surface area contributed by atoms with Gasteiger partial charge in [-0.05, 0) is 25.1 Å². The number of nitro benzene ring substituents is 1. The van der Waals surface area contributed by atoms with Crippen molar-refractivity contribution < 1.29 is 23.7 Å². The summed E-state index contributed by atoms with van der Waals surface area (Å²) < 4.78 is 15.9. The molecule has 1 amide bonds. The van der Waals surface area contributed by atoms with E-state index >= 15 is 0 Å². The molecule has 0 radical (unpaired) electrons. The summed E-state index contributed by atoms with van der Waals surface area (Å²) in [5.74, 6) is 0.712. The zero-order valence-electron chi connectivity index (χ0n) is 15.2. The Kier molecular flexibility index (Phi) is 5.54. The maximum absolute atomic E-state index is 12.7. The third-order valence-electron chi connectivity index (χ3n) is 3.97. The molecule has 3 rings (SSSR count). The highest BCUT2D eigenvalue weighted by molar-refractivity contribution is 6.04. The van der Waals surface area contributed by atoms with Crippen LogP contribution in [0.25, 0.3) is 0 Å². The van der Waals surface area contributed by atoms with E-state index < -0.39 is 10.8 Å². The van der Waals surface area contributed by atoms with E-state index in [0.717, 1.165) is 0 Å². The normalized spacial score (nSPS) is 10.4. The summed E-state index contributed by atoms with van der Waals surface area (Å²) >= 11 is 0. The van der Waals surface area contributed by atoms with Crippen LogP contribution in [0.3, 0.4) is 0 Å². The Morgan fingerprint density at radius 1 is 1.25 bits per heavy atom. The molecule has 0 unspecified atom stereocenters. The van der Waals surface area contributed by atoms with Crippen LogP contribution in [-0.4, -0.2) is 23.1 Å². The molecule has 0 saturated carbocycles. The smallest absolute Gasteiger partial charge is 0.278 e. The molecule has 0 atom stereocenters. The average Bonchev–Trinajstić information content (AvgIpc) is 3.07. The van der Waals surface area contributed by atoms with Crippen LogP contribution in [0.4, 0.5) is 11.4 Å². The molecule has 0 bridgehead atoms. The lowest BCUT2D eigenvalue weighted by molar-refractivity contribution is -0.384. The molecule has 1 N–H and O–H groups in total. The van der Waals surface area contributed by atoms with E-state index in [2.05, 4.69) is 10.5 Å². The van der Waals surface area contributed by atoms with Crippen LogP contribution >= 0.6 is 0 Å². The van der Waals surface area contributed by atoms with Gasteiger partial charge < -0.3 is 19.3 Å². The Morgan fingerprint density at radius 3 is 2.68 bits per heavy atom. The quantitative estimate of drug-likeness (QED) is 0.488. The van der Waals surface area contributed by atoms with Crippen LogP contribution in [0, 0.1) is 17.0 Å². The molecule has 0 aliphatic rings. The van der Waals surface area contributed by atoms with Crippen molar-refractivity contribution in [2.24, 2.45) is 0 Å². The van der Waals surface area contributed by atoms with Gasteiger partial charge in [-0.3, -0.25) is 14.9 Å². The minimum Gasteiger partial charge on any atom is -0.494 e. The number of nitrogens with one attached hydrogen (secondary N) is 1. The maximum Gasteiger partial charge on any atom is 0.278 e. The standard InChI is InChI=1S/C19H17N3O6/c1-12-15(11-27-14-6-4-3-5-7-14)18(21-28-12)19(23)20-16-9-8-13(22(24)25)10-17(16)26-2/h3-10H,11H2,1-2H3,(H,20,23). The number of methoxy groups -OCH3 is 1. The zero-order chi connectivity index (χ0) is 20.1. The van der Waals surface area contributed by atoms with Gasteiger partial charge in [0.1, 0.15) is 23.9 Å². The van der Waals surface area contributed by atoms with Crippen molar-refractivity contribution in [1.82, 2.24) is 5.16 Å². The minimum atomic E-state index is -0.547. The Balaban J connectivity index is 1.79. The van der Waals surface area contributed by atoms with E-state index in [4.69, 9.17) is 14.0 Å². The predicted molar refractivity (Wildman–Crippen MR) is 99.6 cm³/mol. The third kappa shape index (κ3) is 4.09. The number of rotatable bonds is 7. The number of para-hydroxylation sites is 1. The van der Waals surface area contributed by atoms with Gasteiger partial charge in [-0.25, -0.2) is 0 Å². The van der Waals surface area contributed by atoms with Crippen LogP contribution < -0.4 is 14.8 Å². The summed E-state index contributed by atoms with van der Waals surface area (Å²) in [5, 5.41) is 17.3. The molecule has 2 aromatic carbocycles. The van der Waals surface area contributed by atoms with E-state index in [1.54, 1.807) is 19.1 Å². The number of benzene rings is 2. The molecule has 0 spiro atoms. The first-order valence-corrected chi connectivity index (χ1v) is 8.26. The number of amides is 1. The van der Waals surface area contributed by atoms with Gasteiger partial charge in [0.15, 0.2) is 5.69 Å². The van der Waals surface area contributed by atoms with E-state index in [1.807, 2.05) is 18.2 Å². The molecule has 0 saturated heterocycles. The van der Waals surface area contributed by atoms with Crippen molar-refractivity contribution in [3.63, 3.8) is 0 Å². The second-order valence-electron chi connectivity index (χ2n) is 5.76. The Labute approximate surface area is 160 Å². The molecule has 1 aromatic heterocycles. The van der Waals surface area contributed by atoms with E-state index in [1.165, 1.54) is 25.3 Å². The topological polar surface area (TPSA) is 117 Å². The molecule has 144 valence electrons. The number of nitrogens with zero attached hydrogens (tertiary/aromatic N) is 2. The minimum absolute atomic E-state index is 0.0637. The second kappa shape index (κ2) is 8.21. The van der Waals surface area contributed by atoms with Gasteiger partial charge in [-0.2, -0.15) is 0 Å². The summed E-state index contributed by atoms with van der Waals surface area (Å²) in [7, 11) is 1.36. The number of aryl methyl sites for hydroxylation is 1. The van der Waals surface area contributed by atoms with Crippen LogP contribution in [0.5, 0.6) is 11.5 Å². The molecule has 9 nitrogen and oxygen atoms in total. The first-order valence-electron chi connectivity index (χ1n) is 8.26. The van der Waals surface area contributed by atoms with Crippen LogP contribution in [0.2, 0.25) is 0 Å². The molecule has 9 heteroatoms. The maximum atomic E-state index is 12.7. The van der Waals surface area contributed by atoms with Crippen LogP contribution in [0.1, 0.15) is 21.8 Å². The number of non-ortho nitro benzene ring substituents is 1. The first kappa shape index (κ1) is 18.9. The SMILES string of the molecule is COc1cc([N+](=O)[O-])ccc1NC(=O)c1noc(C)c1COc1ccccc1. The first-order chi connectivity index (χ1) is 13.5. The number of nitro groups is 1. The van der Waals surface area contributed by atoms with Crippen molar-refractivity contribution >= 4 is 17.3 Å². The number of hydrogen-bond acceptors (Lipinski definition) is 7. The number of hydrogen-bond donors (Lipinski definition) is 1. The summed E-state index contributed by atoms with van der Waals surface area (Å²) in [6.45, 7) is 1.78. The van der Waals surface area contributed by atoms with Crippen molar-refractivity contribution in [1.29, 1.82) is 0 Å². The Bertz CT molecular complexity index is 1000. The molecule has 0 aliphatic carbocycles. The Hall–Kier alpha value is -3.88. The van der Waals surface area contributed by atoms with Crippen LogP contribution in [-0.2, 0) is 6.61 Å². The van der Waals surface area contributed by atoms with E-state index in [0.29, 0.717) is 17.1 Å². The van der Waals surface area contributed by atoms with Crippen LogP contribution in [0.15, 0.2) is 53.1 Å². The molecule has 28 heavy (non-hydrogen) atoms. The number of carbonyl (C=O) groups excluding carboxylic acids is 1. The van der Waals surface area contributed by atoms with Crippen molar-refractivity contribution in [2.75, 3.05) is 12.4 Å². The number of carbonyl (C=O) groups is 1. The highest BCUT2D eigenvalue weighted by Gasteiger charge is 2.22. The fourth-order valence-electron chi connectivity index (χ4n) is 2.49. The van der Waals surface area contributed by atoms with Crippen molar-refractivity contribution in [3.8, 4) is 11.5 Å². The molecular weight excluding hydrogens is 366 g/mol. The number of anilines is 1. The number of aromatic nitrogens is 1. The largest absolute Gasteiger partial charge is 0.494 e. The molecule has 3 aromatic rings. The predicted octanol–water partition coefficient (Wildman–Crippen LogP) is 3.73. The van der Waals surface area contributed by atoms with Crippen molar-refractivity contribution in [3.05, 3.63) is 75.7 Å². The summed E-state index contributed by atoms with van der Waals surface area (Å²) in [6.07, 6.45) is 0. The van der Waals surface area contributed by atoms with Gasteiger partial charge in [0.05, 0.1) is 29.4 Å². The van der Waals surface area contributed by atoms with Gasteiger partial charge in [0, 0.05) is 6.07 Å². The molecule has 0 fully saturated rings. The van der Waals surface area contributed by atoms with Crippen molar-refractivity contribution in [2.45, 2.75) is 13.5 Å². The second-order valence-corrected chi connectivity index (χ2v) is 5.76. The molecular formula is C19H17N3O6. The van der Waals surface area contributed by atoms with E-state index in [-0.39, 0.29) is 29.4 Å². The number of ether oxygens (including phenoxy) is 2.